The first kappa shape index (κ1) is 15.6. The number of amides is 1. The highest BCUT2D eigenvalue weighted by atomic mass is 16.5. The van der Waals surface area contributed by atoms with Crippen LogP contribution in [0.1, 0.15) is 35.9 Å². The van der Waals surface area contributed by atoms with Crippen molar-refractivity contribution in [3.63, 3.8) is 0 Å². The number of benzene rings is 2. The largest absolute Gasteiger partial charge is 0.337 e. The lowest BCUT2D eigenvalue weighted by Crippen LogP contribution is -2.27. The molecule has 1 aromatic heterocycles. The number of nitrogens with zero attached hydrogens (tertiary/aromatic N) is 3. The first-order valence-corrected chi connectivity index (χ1v) is 8.45. The van der Waals surface area contributed by atoms with Crippen molar-refractivity contribution in [3.05, 3.63) is 71.6 Å². The number of carbonyl (C=O) groups is 1. The first-order valence-electron chi connectivity index (χ1n) is 8.45. The maximum atomic E-state index is 12.3. The van der Waals surface area contributed by atoms with E-state index in [1.54, 1.807) is 0 Å². The molecule has 1 fully saturated rings. The summed E-state index contributed by atoms with van der Waals surface area (Å²) in [7, 11) is 0. The quantitative estimate of drug-likeness (QED) is 0.726. The highest BCUT2D eigenvalue weighted by Gasteiger charge is 2.35. The summed E-state index contributed by atoms with van der Waals surface area (Å²) in [6, 6.07) is 17.8. The molecule has 5 nitrogen and oxygen atoms in total. The topological polar surface area (TPSA) is 59.2 Å². The van der Waals surface area contributed by atoms with E-state index >= 15 is 0 Å². The van der Waals surface area contributed by atoms with Crippen molar-refractivity contribution in [2.24, 2.45) is 0 Å². The van der Waals surface area contributed by atoms with Crippen LogP contribution in [0.25, 0.3) is 11.4 Å². The predicted octanol–water partition coefficient (Wildman–Crippen LogP) is 3.91. The molecule has 1 amide bonds. The fraction of sp³-hybridized carbons (Fsp3) is 0.250. The Kier molecular flexibility index (Phi) is 4.06. The lowest BCUT2D eigenvalue weighted by Gasteiger charge is -2.22. The van der Waals surface area contributed by atoms with Gasteiger partial charge in [-0.1, -0.05) is 59.3 Å². The van der Waals surface area contributed by atoms with E-state index < -0.39 is 0 Å². The van der Waals surface area contributed by atoms with E-state index in [4.69, 9.17) is 4.52 Å². The van der Waals surface area contributed by atoms with Crippen molar-refractivity contribution >= 4 is 5.91 Å². The Morgan fingerprint density at radius 3 is 2.80 bits per heavy atom. The van der Waals surface area contributed by atoms with Crippen LogP contribution in [0.2, 0.25) is 0 Å². The molecule has 0 saturated carbocycles. The molecule has 1 atom stereocenters. The van der Waals surface area contributed by atoms with Gasteiger partial charge in [-0.3, -0.25) is 4.79 Å². The summed E-state index contributed by atoms with van der Waals surface area (Å²) in [4.78, 5) is 18.7. The SMILES string of the molecule is Cc1cccc(-c2noc(C3CCC(=O)N3Cc3ccccc3)n2)c1. The smallest absolute Gasteiger partial charge is 0.249 e. The van der Waals surface area contributed by atoms with Gasteiger partial charge in [0.05, 0.1) is 0 Å². The fourth-order valence-electron chi connectivity index (χ4n) is 3.24. The van der Waals surface area contributed by atoms with Crippen LogP contribution in [0.5, 0.6) is 0 Å². The minimum Gasteiger partial charge on any atom is -0.337 e. The van der Waals surface area contributed by atoms with Crippen molar-refractivity contribution in [1.29, 1.82) is 0 Å². The van der Waals surface area contributed by atoms with E-state index in [9.17, 15) is 4.79 Å². The molecule has 2 heterocycles. The Hall–Kier alpha value is -2.95. The predicted molar refractivity (Wildman–Crippen MR) is 93.4 cm³/mol. The zero-order chi connectivity index (χ0) is 17.2. The summed E-state index contributed by atoms with van der Waals surface area (Å²) in [5.41, 5.74) is 3.17. The molecule has 0 bridgehead atoms. The van der Waals surface area contributed by atoms with E-state index in [0.717, 1.165) is 16.7 Å². The second-order valence-electron chi connectivity index (χ2n) is 6.39. The maximum absolute atomic E-state index is 12.3. The number of likely N-dealkylation sites (tertiary alicyclic amines) is 1. The van der Waals surface area contributed by atoms with Gasteiger partial charge in [0.15, 0.2) is 0 Å². The molecule has 25 heavy (non-hydrogen) atoms. The van der Waals surface area contributed by atoms with Crippen LogP contribution in [0.4, 0.5) is 0 Å². The molecule has 126 valence electrons. The first-order chi connectivity index (χ1) is 12.2. The summed E-state index contributed by atoms with van der Waals surface area (Å²) < 4.78 is 5.50. The number of aryl methyl sites for hydroxylation is 1. The van der Waals surface area contributed by atoms with Crippen molar-refractivity contribution in [1.82, 2.24) is 15.0 Å². The number of hydrogen-bond donors (Lipinski definition) is 0. The van der Waals surface area contributed by atoms with Gasteiger partial charge in [0.25, 0.3) is 0 Å². The van der Waals surface area contributed by atoms with Crippen LogP contribution in [-0.2, 0) is 11.3 Å². The number of rotatable bonds is 4. The highest BCUT2D eigenvalue weighted by Crippen LogP contribution is 2.34. The molecule has 1 aliphatic rings. The van der Waals surface area contributed by atoms with Crippen molar-refractivity contribution in [2.75, 3.05) is 0 Å². The molecule has 1 saturated heterocycles. The van der Waals surface area contributed by atoms with E-state index in [2.05, 4.69) is 10.1 Å². The molecule has 5 heteroatoms. The van der Waals surface area contributed by atoms with Crippen molar-refractivity contribution < 1.29 is 9.32 Å². The third-order valence-electron chi connectivity index (χ3n) is 4.53. The van der Waals surface area contributed by atoms with Gasteiger partial charge in [-0.05, 0) is 25.0 Å². The van der Waals surface area contributed by atoms with Crippen LogP contribution in [-0.4, -0.2) is 20.9 Å². The van der Waals surface area contributed by atoms with E-state index in [1.165, 1.54) is 0 Å². The average Bonchev–Trinajstić information content (AvgIpc) is 3.24. The minimum absolute atomic E-state index is 0.129. The third kappa shape index (κ3) is 3.18. The van der Waals surface area contributed by atoms with Crippen LogP contribution in [0.3, 0.4) is 0 Å². The molecule has 1 unspecified atom stereocenters. The molecule has 0 N–H and O–H groups in total. The minimum atomic E-state index is -0.154. The van der Waals surface area contributed by atoms with Crippen LogP contribution in [0.15, 0.2) is 59.1 Å². The Bertz CT molecular complexity index is 889. The molecule has 0 radical (unpaired) electrons. The number of hydrogen-bond acceptors (Lipinski definition) is 4. The number of aromatic nitrogens is 2. The van der Waals surface area contributed by atoms with Gasteiger partial charge in [-0.2, -0.15) is 4.98 Å². The second-order valence-corrected chi connectivity index (χ2v) is 6.39. The monoisotopic (exact) mass is 333 g/mol. The van der Waals surface area contributed by atoms with Gasteiger partial charge in [-0.15, -0.1) is 0 Å². The van der Waals surface area contributed by atoms with E-state index in [-0.39, 0.29) is 11.9 Å². The third-order valence-corrected chi connectivity index (χ3v) is 4.53. The molecule has 3 aromatic rings. The normalized spacial score (nSPS) is 17.2. The summed E-state index contributed by atoms with van der Waals surface area (Å²) in [6.07, 6.45) is 1.22. The molecule has 2 aromatic carbocycles. The molecule has 4 rings (SSSR count). The van der Waals surface area contributed by atoms with Crippen LogP contribution >= 0.6 is 0 Å². The Balaban J connectivity index is 1.59. The summed E-state index contributed by atoms with van der Waals surface area (Å²) >= 11 is 0. The van der Waals surface area contributed by atoms with E-state index in [0.29, 0.717) is 31.1 Å². The average molecular weight is 333 g/mol. The van der Waals surface area contributed by atoms with Crippen LogP contribution < -0.4 is 0 Å². The summed E-state index contributed by atoms with van der Waals surface area (Å²) in [6.45, 7) is 2.59. The Morgan fingerprint density at radius 2 is 2.00 bits per heavy atom. The van der Waals surface area contributed by atoms with Gasteiger partial charge >= 0.3 is 0 Å². The molecular weight excluding hydrogens is 314 g/mol. The zero-order valence-corrected chi connectivity index (χ0v) is 14.1. The highest BCUT2D eigenvalue weighted by molar-refractivity contribution is 5.78. The van der Waals surface area contributed by atoms with Crippen molar-refractivity contribution in [3.8, 4) is 11.4 Å². The van der Waals surface area contributed by atoms with Crippen LogP contribution in [0, 0.1) is 6.92 Å². The van der Waals surface area contributed by atoms with Gasteiger partial charge in [0.2, 0.25) is 17.6 Å². The van der Waals surface area contributed by atoms with Gasteiger partial charge in [0.1, 0.15) is 6.04 Å². The second kappa shape index (κ2) is 6.51. The molecule has 1 aliphatic heterocycles. The maximum Gasteiger partial charge on any atom is 0.249 e. The molecule has 0 spiro atoms. The lowest BCUT2D eigenvalue weighted by molar-refractivity contribution is -0.129. The van der Waals surface area contributed by atoms with E-state index in [1.807, 2.05) is 66.4 Å². The van der Waals surface area contributed by atoms with Gasteiger partial charge < -0.3 is 9.42 Å². The Morgan fingerprint density at radius 1 is 1.16 bits per heavy atom. The van der Waals surface area contributed by atoms with Gasteiger partial charge in [-0.25, -0.2) is 0 Å². The summed E-state index contributed by atoms with van der Waals surface area (Å²) in [5.74, 6) is 1.21. The lowest BCUT2D eigenvalue weighted by atomic mass is 10.1. The summed E-state index contributed by atoms with van der Waals surface area (Å²) in [5, 5.41) is 4.11. The van der Waals surface area contributed by atoms with Gasteiger partial charge in [0, 0.05) is 18.5 Å². The number of carbonyl (C=O) groups excluding carboxylic acids is 1. The molecular formula is C20H19N3O2. The zero-order valence-electron chi connectivity index (χ0n) is 14.1. The molecule has 0 aliphatic carbocycles. The fourth-order valence-corrected chi connectivity index (χ4v) is 3.24. The van der Waals surface area contributed by atoms with Crippen molar-refractivity contribution in [2.45, 2.75) is 32.4 Å². The Labute approximate surface area is 146 Å². The standard InChI is InChI=1S/C20H19N3O2/c1-14-6-5-9-16(12-14)19-21-20(25-22-19)17-10-11-18(24)23(17)13-15-7-3-2-4-8-15/h2-9,12,17H,10-11,13H2,1H3.